The third kappa shape index (κ3) is 5.05. The van der Waals surface area contributed by atoms with Crippen LogP contribution in [0.25, 0.3) is 0 Å². The molecular weight excluding hydrogens is 404 g/mol. The first-order chi connectivity index (χ1) is 14.2. The normalized spacial score (nSPS) is 12.2. The van der Waals surface area contributed by atoms with Crippen molar-refractivity contribution < 1.29 is 22.7 Å². The van der Waals surface area contributed by atoms with Crippen LogP contribution in [-0.2, 0) is 27.7 Å². The van der Waals surface area contributed by atoms with Gasteiger partial charge in [-0.05, 0) is 43.0 Å². The van der Waals surface area contributed by atoms with E-state index in [1.165, 1.54) is 14.2 Å². The number of para-hydroxylation sites is 1. The highest BCUT2D eigenvalue weighted by Gasteiger charge is 2.32. The van der Waals surface area contributed by atoms with Crippen molar-refractivity contribution in [3.05, 3.63) is 47.5 Å². The van der Waals surface area contributed by atoms with E-state index in [4.69, 9.17) is 9.47 Å². The molecule has 0 saturated carbocycles. The summed E-state index contributed by atoms with van der Waals surface area (Å²) in [6, 6.07) is 9.67. The molecule has 0 aliphatic rings. The van der Waals surface area contributed by atoms with Gasteiger partial charge in [-0.25, -0.2) is 8.42 Å². The maximum atomic E-state index is 13.2. The molecule has 2 aromatic rings. The molecule has 0 radical (unpaired) electrons. The smallest absolute Gasteiger partial charge is 0.248 e. The predicted molar refractivity (Wildman–Crippen MR) is 120 cm³/mol. The van der Waals surface area contributed by atoms with Crippen LogP contribution in [0.4, 0.5) is 11.4 Å². The average molecular weight is 435 g/mol. The second-order valence-electron chi connectivity index (χ2n) is 6.92. The van der Waals surface area contributed by atoms with Gasteiger partial charge in [0.2, 0.25) is 15.9 Å². The Bertz CT molecular complexity index is 982. The predicted octanol–water partition coefficient (Wildman–Crippen LogP) is 3.62. The number of carbonyl (C=O) groups excluding carboxylic acids is 1. The van der Waals surface area contributed by atoms with Crippen LogP contribution in [-0.4, -0.2) is 40.8 Å². The van der Waals surface area contributed by atoms with Crippen LogP contribution in [0.2, 0.25) is 0 Å². The monoisotopic (exact) mass is 434 g/mol. The Labute approximate surface area is 179 Å². The molecule has 0 fully saturated rings. The van der Waals surface area contributed by atoms with E-state index in [1.807, 2.05) is 32.0 Å². The van der Waals surface area contributed by atoms with Gasteiger partial charge in [0.25, 0.3) is 0 Å². The van der Waals surface area contributed by atoms with Crippen LogP contribution in [0.1, 0.15) is 31.9 Å². The number of ether oxygens (including phenoxy) is 2. The molecule has 0 aliphatic carbocycles. The zero-order valence-electron chi connectivity index (χ0n) is 18.4. The summed E-state index contributed by atoms with van der Waals surface area (Å²) in [5.74, 6) is 0.349. The van der Waals surface area contributed by atoms with Gasteiger partial charge in [-0.1, -0.05) is 32.0 Å². The number of benzene rings is 2. The zero-order valence-corrected chi connectivity index (χ0v) is 19.2. The third-order valence-electron chi connectivity index (χ3n) is 4.96. The molecule has 30 heavy (non-hydrogen) atoms. The fourth-order valence-corrected chi connectivity index (χ4v) is 4.55. The standard InChI is InChI=1S/C22H30N2O5S/c1-7-16-10-9-11-17(8-2)21(16)23-22(25)15(3)24(30(6,26)27)19-14-18(28-4)12-13-20(19)29-5/h9-15H,7-8H2,1-6H3,(H,23,25)/t15-/m0/s1. The third-order valence-corrected chi connectivity index (χ3v) is 6.19. The number of amides is 1. The van der Waals surface area contributed by atoms with Crippen molar-refractivity contribution in [2.45, 2.75) is 39.7 Å². The lowest BCUT2D eigenvalue weighted by Gasteiger charge is -2.30. The number of carbonyl (C=O) groups is 1. The summed E-state index contributed by atoms with van der Waals surface area (Å²) in [7, 11) is -0.874. The van der Waals surface area contributed by atoms with E-state index in [2.05, 4.69) is 5.32 Å². The second kappa shape index (κ2) is 9.84. The van der Waals surface area contributed by atoms with Crippen molar-refractivity contribution in [2.24, 2.45) is 0 Å². The quantitative estimate of drug-likeness (QED) is 0.652. The Kier molecular flexibility index (Phi) is 7.72. The van der Waals surface area contributed by atoms with Crippen LogP contribution in [0, 0.1) is 0 Å². The van der Waals surface area contributed by atoms with Crippen LogP contribution >= 0.6 is 0 Å². The summed E-state index contributed by atoms with van der Waals surface area (Å²) in [5.41, 5.74) is 2.98. The molecule has 1 N–H and O–H groups in total. The number of hydrogen-bond donors (Lipinski definition) is 1. The first-order valence-electron chi connectivity index (χ1n) is 9.80. The number of aryl methyl sites for hydroxylation is 2. The van der Waals surface area contributed by atoms with E-state index < -0.39 is 22.0 Å². The molecule has 0 heterocycles. The van der Waals surface area contributed by atoms with Gasteiger partial charge in [0.1, 0.15) is 17.5 Å². The largest absolute Gasteiger partial charge is 0.497 e. The Morgan fingerprint density at radius 1 is 1.07 bits per heavy atom. The van der Waals surface area contributed by atoms with Crippen molar-refractivity contribution >= 4 is 27.3 Å². The van der Waals surface area contributed by atoms with Gasteiger partial charge in [-0.15, -0.1) is 0 Å². The van der Waals surface area contributed by atoms with E-state index in [1.54, 1.807) is 25.1 Å². The molecule has 8 heteroatoms. The van der Waals surface area contributed by atoms with Gasteiger partial charge in [-0.3, -0.25) is 9.10 Å². The molecule has 0 aromatic heterocycles. The van der Waals surface area contributed by atoms with Gasteiger partial charge in [0.15, 0.2) is 0 Å². The molecule has 164 valence electrons. The highest BCUT2D eigenvalue weighted by molar-refractivity contribution is 7.92. The number of nitrogens with zero attached hydrogens (tertiary/aromatic N) is 1. The fourth-order valence-electron chi connectivity index (χ4n) is 3.38. The summed E-state index contributed by atoms with van der Waals surface area (Å²) in [5, 5.41) is 2.95. The maximum absolute atomic E-state index is 13.2. The topological polar surface area (TPSA) is 84.9 Å². The molecule has 0 aliphatic heterocycles. The minimum absolute atomic E-state index is 0.237. The van der Waals surface area contributed by atoms with Crippen molar-refractivity contribution in [3.63, 3.8) is 0 Å². The Balaban J connectivity index is 2.50. The van der Waals surface area contributed by atoms with Gasteiger partial charge in [0.05, 0.1) is 26.2 Å². The fraction of sp³-hybridized carbons (Fsp3) is 0.409. The highest BCUT2D eigenvalue weighted by atomic mass is 32.2. The van der Waals surface area contributed by atoms with E-state index >= 15 is 0 Å². The Hall–Kier alpha value is -2.74. The molecule has 2 rings (SSSR count). The van der Waals surface area contributed by atoms with Gasteiger partial charge in [0, 0.05) is 11.8 Å². The molecule has 0 spiro atoms. The van der Waals surface area contributed by atoms with E-state index in [0.717, 1.165) is 40.2 Å². The molecule has 0 bridgehead atoms. The number of methoxy groups -OCH3 is 2. The summed E-state index contributed by atoms with van der Waals surface area (Å²) < 4.78 is 37.0. The molecule has 1 atom stereocenters. The zero-order chi connectivity index (χ0) is 22.5. The van der Waals surface area contributed by atoms with Crippen LogP contribution in [0.3, 0.4) is 0 Å². The maximum Gasteiger partial charge on any atom is 0.248 e. The van der Waals surface area contributed by atoms with Gasteiger partial charge in [-0.2, -0.15) is 0 Å². The van der Waals surface area contributed by atoms with E-state index in [9.17, 15) is 13.2 Å². The number of nitrogens with one attached hydrogen (secondary N) is 1. The molecule has 0 unspecified atom stereocenters. The van der Waals surface area contributed by atoms with E-state index in [-0.39, 0.29) is 5.69 Å². The minimum Gasteiger partial charge on any atom is -0.497 e. The van der Waals surface area contributed by atoms with Gasteiger partial charge < -0.3 is 14.8 Å². The second-order valence-corrected chi connectivity index (χ2v) is 8.78. The van der Waals surface area contributed by atoms with E-state index in [0.29, 0.717) is 11.5 Å². The molecule has 0 saturated heterocycles. The summed E-state index contributed by atoms with van der Waals surface area (Å²) in [6.07, 6.45) is 2.56. The first-order valence-corrected chi connectivity index (χ1v) is 11.7. The van der Waals surface area contributed by atoms with Gasteiger partial charge >= 0.3 is 0 Å². The highest BCUT2D eigenvalue weighted by Crippen LogP contribution is 2.35. The average Bonchev–Trinajstić information content (AvgIpc) is 2.72. The lowest BCUT2D eigenvalue weighted by atomic mass is 10.0. The molecule has 2 aromatic carbocycles. The number of anilines is 2. The summed E-state index contributed by atoms with van der Waals surface area (Å²) >= 11 is 0. The SMILES string of the molecule is CCc1cccc(CC)c1NC(=O)[C@H](C)N(c1cc(OC)ccc1OC)S(C)(=O)=O. The minimum atomic E-state index is -3.81. The Morgan fingerprint density at radius 3 is 2.13 bits per heavy atom. The van der Waals surface area contributed by atoms with Crippen molar-refractivity contribution in [1.29, 1.82) is 0 Å². The number of rotatable bonds is 9. The summed E-state index contributed by atoms with van der Waals surface area (Å²) in [6.45, 7) is 5.57. The lowest BCUT2D eigenvalue weighted by Crippen LogP contribution is -2.45. The Morgan fingerprint density at radius 2 is 1.67 bits per heavy atom. The van der Waals surface area contributed by atoms with Crippen LogP contribution in [0.15, 0.2) is 36.4 Å². The lowest BCUT2D eigenvalue weighted by molar-refractivity contribution is -0.116. The number of sulfonamides is 1. The van der Waals surface area contributed by atoms with Crippen molar-refractivity contribution in [3.8, 4) is 11.5 Å². The van der Waals surface area contributed by atoms with Crippen LogP contribution < -0.4 is 19.1 Å². The van der Waals surface area contributed by atoms with Crippen LogP contribution in [0.5, 0.6) is 11.5 Å². The van der Waals surface area contributed by atoms with Crippen molar-refractivity contribution in [2.75, 3.05) is 30.1 Å². The first kappa shape index (κ1) is 23.5. The summed E-state index contributed by atoms with van der Waals surface area (Å²) in [4.78, 5) is 13.2. The van der Waals surface area contributed by atoms with Crippen molar-refractivity contribution in [1.82, 2.24) is 0 Å². The number of hydrogen-bond acceptors (Lipinski definition) is 5. The molecular formula is C22H30N2O5S. The molecule has 7 nitrogen and oxygen atoms in total. The molecule has 1 amide bonds.